The number of carbonyl (C=O) groups is 2. The summed E-state index contributed by atoms with van der Waals surface area (Å²) >= 11 is 0. The molecule has 0 aromatic heterocycles. The van der Waals surface area contributed by atoms with Crippen molar-refractivity contribution in [3.63, 3.8) is 0 Å². The van der Waals surface area contributed by atoms with Gasteiger partial charge >= 0.3 is 12.1 Å². The van der Waals surface area contributed by atoms with Gasteiger partial charge in [0.2, 0.25) is 0 Å². The minimum Gasteiger partial charge on any atom is -0.351 e. The fraction of sp³-hybridized carbons (Fsp3) is 0.455. The Hall–Kier alpha value is -1.78. The summed E-state index contributed by atoms with van der Waals surface area (Å²) in [7, 11) is 0. The van der Waals surface area contributed by atoms with E-state index >= 15 is 0 Å². The highest BCUT2D eigenvalue weighted by atomic mass is 16.2. The van der Waals surface area contributed by atoms with Gasteiger partial charge in [-0.25, -0.2) is 14.5 Å². The summed E-state index contributed by atoms with van der Waals surface area (Å²) in [5.74, 6) is 0. The summed E-state index contributed by atoms with van der Waals surface area (Å²) in [6, 6.07) is -1.14. The van der Waals surface area contributed by atoms with Gasteiger partial charge in [-0.15, -0.1) is 13.2 Å². The zero-order chi connectivity index (χ0) is 12.6. The summed E-state index contributed by atoms with van der Waals surface area (Å²) in [5, 5.41) is 0. The summed E-state index contributed by atoms with van der Waals surface area (Å²) in [6.07, 6.45) is 3.85. The number of nitrogens with zero attached hydrogens (tertiary/aromatic N) is 2. The average Bonchev–Trinajstić information content (AvgIpc) is 2.24. The van der Waals surface area contributed by atoms with Gasteiger partial charge in [-0.05, 0) is 6.42 Å². The SMILES string of the molecule is C=CCN(CC=C)C(=O)N(CCC)C(N)=O. The normalized spacial score (nSPS) is 9.31. The number of carbonyl (C=O) groups excluding carboxylic acids is 2. The van der Waals surface area contributed by atoms with E-state index in [2.05, 4.69) is 13.2 Å². The van der Waals surface area contributed by atoms with Crippen LogP contribution < -0.4 is 5.73 Å². The van der Waals surface area contributed by atoms with Gasteiger partial charge in [0.1, 0.15) is 0 Å². The molecule has 90 valence electrons. The van der Waals surface area contributed by atoms with E-state index in [1.807, 2.05) is 6.92 Å². The molecule has 0 aliphatic carbocycles. The molecule has 0 spiro atoms. The molecule has 0 heterocycles. The maximum absolute atomic E-state index is 11.9. The molecule has 0 radical (unpaired) electrons. The lowest BCUT2D eigenvalue weighted by Crippen LogP contribution is -2.48. The van der Waals surface area contributed by atoms with E-state index in [9.17, 15) is 9.59 Å². The molecule has 5 nitrogen and oxygen atoms in total. The summed E-state index contributed by atoms with van der Waals surface area (Å²) in [6.45, 7) is 10.0. The molecule has 0 aromatic carbocycles. The first-order valence-corrected chi connectivity index (χ1v) is 5.16. The standard InChI is InChI=1S/C11H19N3O2/c1-4-7-13(8-5-2)11(16)14(9-6-3)10(12)15/h4-5H,1-2,6-9H2,3H3,(H2,12,15). The number of nitrogens with two attached hydrogens (primary N) is 1. The third kappa shape index (κ3) is 4.16. The highest BCUT2D eigenvalue weighted by Crippen LogP contribution is 2.01. The van der Waals surface area contributed by atoms with Crippen LogP contribution in [0.1, 0.15) is 13.3 Å². The number of rotatable bonds is 6. The first-order chi connectivity index (χ1) is 7.58. The van der Waals surface area contributed by atoms with E-state index in [0.717, 1.165) is 4.90 Å². The molecular weight excluding hydrogens is 206 g/mol. The minimum atomic E-state index is -0.732. The molecule has 16 heavy (non-hydrogen) atoms. The Labute approximate surface area is 96.2 Å². The molecule has 0 bridgehead atoms. The zero-order valence-corrected chi connectivity index (χ0v) is 9.69. The average molecular weight is 225 g/mol. The molecule has 0 rings (SSSR count). The highest BCUT2D eigenvalue weighted by molar-refractivity contribution is 5.92. The predicted molar refractivity (Wildman–Crippen MR) is 63.9 cm³/mol. The van der Waals surface area contributed by atoms with Crippen molar-refractivity contribution < 1.29 is 9.59 Å². The molecule has 0 fully saturated rings. The number of hydrogen-bond acceptors (Lipinski definition) is 2. The molecule has 0 saturated carbocycles. The molecule has 2 N–H and O–H groups in total. The van der Waals surface area contributed by atoms with E-state index in [1.165, 1.54) is 4.90 Å². The van der Waals surface area contributed by atoms with E-state index in [4.69, 9.17) is 5.73 Å². The van der Waals surface area contributed by atoms with Gasteiger partial charge in [0, 0.05) is 19.6 Å². The van der Waals surface area contributed by atoms with E-state index in [1.54, 1.807) is 12.2 Å². The van der Waals surface area contributed by atoms with E-state index in [-0.39, 0.29) is 0 Å². The van der Waals surface area contributed by atoms with Gasteiger partial charge < -0.3 is 10.6 Å². The van der Waals surface area contributed by atoms with Crippen LogP contribution in [0, 0.1) is 0 Å². The molecule has 0 aliphatic rings. The number of amides is 4. The molecule has 5 heteroatoms. The van der Waals surface area contributed by atoms with Crippen LogP contribution in [0.15, 0.2) is 25.3 Å². The van der Waals surface area contributed by atoms with E-state index < -0.39 is 12.1 Å². The van der Waals surface area contributed by atoms with Crippen molar-refractivity contribution in [2.75, 3.05) is 19.6 Å². The van der Waals surface area contributed by atoms with Crippen LogP contribution in [0.25, 0.3) is 0 Å². The molecule has 0 saturated heterocycles. The fourth-order valence-electron chi connectivity index (χ4n) is 1.24. The van der Waals surface area contributed by atoms with Gasteiger partial charge in [0.25, 0.3) is 0 Å². The van der Waals surface area contributed by atoms with Gasteiger partial charge in [-0.2, -0.15) is 0 Å². The Morgan fingerprint density at radius 3 is 2.06 bits per heavy atom. The zero-order valence-electron chi connectivity index (χ0n) is 9.69. The third-order valence-corrected chi connectivity index (χ3v) is 1.91. The smallest absolute Gasteiger partial charge is 0.328 e. The molecule has 4 amide bonds. The van der Waals surface area contributed by atoms with Crippen molar-refractivity contribution in [3.05, 3.63) is 25.3 Å². The van der Waals surface area contributed by atoms with Crippen molar-refractivity contribution in [2.24, 2.45) is 5.73 Å². The second-order valence-electron chi connectivity index (χ2n) is 3.25. The second-order valence-corrected chi connectivity index (χ2v) is 3.25. The molecule has 0 aliphatic heterocycles. The van der Waals surface area contributed by atoms with Gasteiger partial charge in [0.15, 0.2) is 0 Å². The van der Waals surface area contributed by atoms with Crippen molar-refractivity contribution in [1.29, 1.82) is 0 Å². The van der Waals surface area contributed by atoms with Crippen LogP contribution in [-0.2, 0) is 0 Å². The van der Waals surface area contributed by atoms with E-state index in [0.29, 0.717) is 26.1 Å². The van der Waals surface area contributed by atoms with Crippen molar-refractivity contribution in [2.45, 2.75) is 13.3 Å². The summed E-state index contributed by atoms with van der Waals surface area (Å²) in [5.41, 5.74) is 5.14. The largest absolute Gasteiger partial charge is 0.351 e. The molecular formula is C11H19N3O2. The lowest BCUT2D eigenvalue weighted by Gasteiger charge is -2.26. The van der Waals surface area contributed by atoms with Crippen LogP contribution in [0.4, 0.5) is 9.59 Å². The minimum absolute atomic E-state index is 0.318. The Kier molecular flexibility index (Phi) is 6.67. The monoisotopic (exact) mass is 225 g/mol. The lowest BCUT2D eigenvalue weighted by atomic mass is 10.4. The number of hydrogen-bond donors (Lipinski definition) is 1. The van der Waals surface area contributed by atoms with Crippen LogP contribution in [0.5, 0.6) is 0 Å². The van der Waals surface area contributed by atoms with Crippen LogP contribution in [0.3, 0.4) is 0 Å². The molecule has 0 aromatic rings. The van der Waals surface area contributed by atoms with Gasteiger partial charge in [-0.1, -0.05) is 19.1 Å². The van der Waals surface area contributed by atoms with Crippen molar-refractivity contribution >= 4 is 12.1 Å². The number of primary amides is 1. The van der Waals surface area contributed by atoms with Gasteiger partial charge in [-0.3, -0.25) is 0 Å². The second kappa shape index (κ2) is 7.50. The Bertz CT molecular complexity index is 266. The van der Waals surface area contributed by atoms with Crippen molar-refractivity contribution in [3.8, 4) is 0 Å². The van der Waals surface area contributed by atoms with Crippen LogP contribution >= 0.6 is 0 Å². The maximum Gasteiger partial charge on any atom is 0.328 e. The predicted octanol–water partition coefficient (Wildman–Crippen LogP) is 1.57. The quantitative estimate of drug-likeness (QED) is 0.697. The topological polar surface area (TPSA) is 66.6 Å². The maximum atomic E-state index is 11.9. The fourth-order valence-corrected chi connectivity index (χ4v) is 1.24. The Morgan fingerprint density at radius 1 is 1.25 bits per heavy atom. The number of urea groups is 2. The molecule has 0 atom stereocenters. The van der Waals surface area contributed by atoms with Crippen molar-refractivity contribution in [1.82, 2.24) is 9.80 Å². The van der Waals surface area contributed by atoms with Crippen LogP contribution in [-0.4, -0.2) is 41.5 Å². The molecule has 0 unspecified atom stereocenters. The first kappa shape index (κ1) is 14.2. The van der Waals surface area contributed by atoms with Crippen LogP contribution in [0.2, 0.25) is 0 Å². The summed E-state index contributed by atoms with van der Waals surface area (Å²) in [4.78, 5) is 25.5. The first-order valence-electron chi connectivity index (χ1n) is 5.16. The summed E-state index contributed by atoms with van der Waals surface area (Å²) < 4.78 is 0. The lowest BCUT2D eigenvalue weighted by molar-refractivity contribution is 0.165. The number of imide groups is 1. The van der Waals surface area contributed by atoms with Gasteiger partial charge in [0.05, 0.1) is 0 Å². The Morgan fingerprint density at radius 2 is 1.75 bits per heavy atom. The third-order valence-electron chi connectivity index (χ3n) is 1.91. The highest BCUT2D eigenvalue weighted by Gasteiger charge is 2.22. The Balaban J connectivity index is 4.70.